The van der Waals surface area contributed by atoms with E-state index in [1.54, 1.807) is 36.4 Å². The lowest BCUT2D eigenvalue weighted by Crippen LogP contribution is -2.44. The van der Waals surface area contributed by atoms with Gasteiger partial charge in [-0.2, -0.15) is 0 Å². The van der Waals surface area contributed by atoms with Crippen molar-refractivity contribution in [2.75, 3.05) is 56.7 Å². The molecule has 7 N–H and O–H groups in total. The molecule has 16 nitrogen and oxygen atoms in total. The standard InChI is InChI=1S/C32H41N3O5.C28H34N4O4.ClH/c1-5-8-18-39-30-22-27(32(38)40-19-17-35(6-2)7-3)15-16-28(30)34-31(37)29(33-23(4)36)21-24-13-14-25-11-9-10-12-26(25)20-24;1-3-5-15-35-25-18-22(27(34)36-14-4-2)12-13-23(25)31-26(33)24(32-28(29)30)17-19-10-11-20-8-6-7-9-21(20)16-19;/h9-16,20,22,29H,5-8,17-19,21H2,1-4H3,(H,33,36)(H,34,37);6-13,16,18,24H,3-5,14-15,17H2,1-2H3,(H,31,33)(H4,29,30,32);1H/t29-;24-;/m11./s1. The molecule has 0 unspecified atom stereocenters. The van der Waals surface area contributed by atoms with Crippen molar-refractivity contribution < 1.29 is 42.9 Å². The molecule has 77 heavy (non-hydrogen) atoms. The van der Waals surface area contributed by atoms with Crippen LogP contribution in [0.15, 0.2) is 126 Å². The predicted molar refractivity (Wildman–Crippen MR) is 309 cm³/mol. The largest absolute Gasteiger partial charge is 0.491 e. The Hall–Kier alpha value is -7.69. The summed E-state index contributed by atoms with van der Waals surface area (Å²) in [5, 5.41) is 12.9. The van der Waals surface area contributed by atoms with Crippen LogP contribution in [0.3, 0.4) is 0 Å². The number of aliphatic imine (C=N–C) groups is 1. The second-order valence-electron chi connectivity index (χ2n) is 18.2. The molecule has 0 aliphatic carbocycles. The van der Waals surface area contributed by atoms with Gasteiger partial charge in [0.2, 0.25) is 17.7 Å². The van der Waals surface area contributed by atoms with E-state index in [0.717, 1.165) is 77.9 Å². The van der Waals surface area contributed by atoms with Gasteiger partial charge in [0.1, 0.15) is 30.2 Å². The Balaban J connectivity index is 0.000000330. The van der Waals surface area contributed by atoms with Crippen molar-refractivity contribution in [3.05, 3.63) is 144 Å². The maximum absolute atomic E-state index is 13.4. The molecule has 0 saturated heterocycles. The Bertz CT molecular complexity index is 2910. The average Bonchev–Trinajstić information content (AvgIpc) is 3.41. The number of hydrogen-bond donors (Lipinski definition) is 5. The van der Waals surface area contributed by atoms with Gasteiger partial charge in [-0.15, -0.1) is 12.4 Å². The van der Waals surface area contributed by atoms with Crippen LogP contribution in [-0.4, -0.2) is 98.7 Å². The van der Waals surface area contributed by atoms with E-state index in [1.165, 1.54) is 6.92 Å². The van der Waals surface area contributed by atoms with Crippen molar-refractivity contribution >= 4 is 80.9 Å². The highest BCUT2D eigenvalue weighted by Gasteiger charge is 2.24. The Morgan fingerprint density at radius 2 is 1.04 bits per heavy atom. The van der Waals surface area contributed by atoms with E-state index in [2.05, 4.69) is 53.5 Å². The molecule has 412 valence electrons. The number of rotatable bonds is 27. The number of nitrogens with two attached hydrogens (primary N) is 2. The first-order valence-electron chi connectivity index (χ1n) is 26.3. The second kappa shape index (κ2) is 32.7. The van der Waals surface area contributed by atoms with E-state index in [9.17, 15) is 24.0 Å². The number of nitrogens with one attached hydrogen (secondary N) is 3. The number of hydrogen-bond acceptors (Lipinski definition) is 11. The number of unbranched alkanes of at least 4 members (excludes halogenated alkanes) is 2. The summed E-state index contributed by atoms with van der Waals surface area (Å²) in [6, 6.07) is 36.0. The molecule has 2 atom stereocenters. The molecule has 6 aromatic rings. The molecule has 0 heterocycles. The Labute approximate surface area is 459 Å². The molecule has 0 bridgehead atoms. The molecule has 3 amide bonds. The quantitative estimate of drug-likeness (QED) is 0.0141. The van der Waals surface area contributed by atoms with E-state index in [-0.39, 0.29) is 36.8 Å². The minimum atomic E-state index is -0.853. The number of likely N-dealkylation sites (N-methyl/N-ethyl adjacent to an activating group) is 1. The number of anilines is 2. The number of amides is 3. The van der Waals surface area contributed by atoms with E-state index in [4.69, 9.17) is 30.4 Å². The molecule has 0 radical (unpaired) electrons. The van der Waals surface area contributed by atoms with Gasteiger partial charge in [-0.3, -0.25) is 14.4 Å². The summed E-state index contributed by atoms with van der Waals surface area (Å²) in [4.78, 5) is 70.1. The highest BCUT2D eigenvalue weighted by molar-refractivity contribution is 6.00. The Kier molecular flexibility index (Phi) is 26.3. The summed E-state index contributed by atoms with van der Waals surface area (Å²) in [6.45, 7) is 15.5. The smallest absolute Gasteiger partial charge is 0.338 e. The van der Waals surface area contributed by atoms with Crippen molar-refractivity contribution in [2.45, 2.75) is 98.6 Å². The molecule has 0 aromatic heterocycles. The maximum Gasteiger partial charge on any atom is 0.338 e. The van der Waals surface area contributed by atoms with E-state index in [1.807, 2.05) is 91.9 Å². The zero-order valence-corrected chi connectivity index (χ0v) is 46.0. The molecule has 17 heteroatoms. The zero-order chi connectivity index (χ0) is 54.8. The summed E-state index contributed by atoms with van der Waals surface area (Å²) in [7, 11) is 0. The lowest BCUT2D eigenvalue weighted by atomic mass is 10.0. The second-order valence-corrected chi connectivity index (χ2v) is 18.2. The van der Waals surface area contributed by atoms with Crippen LogP contribution in [0.1, 0.15) is 105 Å². The molecule has 0 fully saturated rings. The number of fused-ring (bicyclic) bond motifs is 2. The molecule has 6 rings (SSSR count). The van der Waals surface area contributed by atoms with Crippen LogP contribution < -0.4 is 36.9 Å². The summed E-state index contributed by atoms with van der Waals surface area (Å²) >= 11 is 0. The Morgan fingerprint density at radius 1 is 0.558 bits per heavy atom. The number of carbonyl (C=O) groups excluding carboxylic acids is 5. The number of benzene rings is 6. The highest BCUT2D eigenvalue weighted by Crippen LogP contribution is 2.29. The molecule has 0 aliphatic heterocycles. The molecular weight excluding hydrogens is 998 g/mol. The predicted octanol–water partition coefficient (Wildman–Crippen LogP) is 10.0. The number of esters is 2. The van der Waals surface area contributed by atoms with Crippen molar-refractivity contribution in [2.24, 2.45) is 16.5 Å². The Morgan fingerprint density at radius 3 is 1.51 bits per heavy atom. The van der Waals surface area contributed by atoms with Gasteiger partial charge in [0.05, 0.1) is 42.3 Å². The summed E-state index contributed by atoms with van der Waals surface area (Å²) in [6.07, 6.45) is 4.88. The third kappa shape index (κ3) is 20.1. The number of halogens is 1. The van der Waals surface area contributed by atoms with Crippen molar-refractivity contribution in [1.82, 2.24) is 10.2 Å². The van der Waals surface area contributed by atoms with Gasteiger partial charge in [0.25, 0.3) is 0 Å². The molecular formula is C60H76ClN7O9. The van der Waals surface area contributed by atoms with Crippen molar-refractivity contribution in [3.8, 4) is 11.5 Å². The fourth-order valence-electron chi connectivity index (χ4n) is 8.02. The number of guanidine groups is 1. The van der Waals surface area contributed by atoms with Gasteiger partial charge in [0, 0.05) is 26.3 Å². The SMILES string of the molecule is CCCCOc1cc(C(=O)OCCC)ccc1NC(=O)[C@@H](Cc1ccc2ccccc2c1)N=C(N)N.CCCCOc1cc(C(=O)OCCN(CC)CC)ccc1NC(=O)[C@@H](Cc1ccc2ccccc2c1)NC(C)=O.Cl. The lowest BCUT2D eigenvalue weighted by molar-refractivity contribution is -0.125. The highest BCUT2D eigenvalue weighted by atomic mass is 35.5. The number of nitrogens with zero attached hydrogens (tertiary/aromatic N) is 2. The van der Waals surface area contributed by atoms with Crippen LogP contribution in [0.2, 0.25) is 0 Å². The first-order chi connectivity index (χ1) is 36.7. The van der Waals surface area contributed by atoms with Crippen LogP contribution in [0.4, 0.5) is 11.4 Å². The van der Waals surface area contributed by atoms with Crippen LogP contribution in [-0.2, 0) is 36.7 Å². The van der Waals surface area contributed by atoms with Crippen LogP contribution >= 0.6 is 12.4 Å². The van der Waals surface area contributed by atoms with E-state index in [0.29, 0.717) is 73.2 Å². The van der Waals surface area contributed by atoms with Crippen LogP contribution in [0.5, 0.6) is 11.5 Å². The minimum Gasteiger partial charge on any atom is -0.491 e. The summed E-state index contributed by atoms with van der Waals surface area (Å²) in [5.74, 6) is -1.37. The lowest BCUT2D eigenvalue weighted by Gasteiger charge is -2.20. The average molecular weight is 1070 g/mol. The van der Waals surface area contributed by atoms with Gasteiger partial charge >= 0.3 is 11.9 Å². The normalized spacial score (nSPS) is 11.5. The molecule has 0 spiro atoms. The zero-order valence-electron chi connectivity index (χ0n) is 45.2. The minimum absolute atomic E-state index is 0. The van der Waals surface area contributed by atoms with Crippen molar-refractivity contribution in [1.29, 1.82) is 0 Å². The number of ether oxygens (including phenoxy) is 4. The van der Waals surface area contributed by atoms with Gasteiger partial charge in [-0.25, -0.2) is 14.6 Å². The number of carbonyl (C=O) groups is 5. The first-order valence-corrected chi connectivity index (χ1v) is 26.3. The van der Waals surface area contributed by atoms with Gasteiger partial charge in [0.15, 0.2) is 5.96 Å². The monoisotopic (exact) mass is 1070 g/mol. The fraction of sp³-hybridized carbons (Fsp3) is 0.367. The van der Waals surface area contributed by atoms with Crippen LogP contribution in [0, 0.1) is 0 Å². The van der Waals surface area contributed by atoms with Crippen molar-refractivity contribution in [3.63, 3.8) is 0 Å². The topological polar surface area (TPSA) is 226 Å². The molecule has 6 aromatic carbocycles. The molecule has 0 aliphatic rings. The van der Waals surface area contributed by atoms with Crippen LogP contribution in [0.25, 0.3) is 21.5 Å². The first kappa shape index (κ1) is 61.9. The fourth-order valence-corrected chi connectivity index (χ4v) is 8.02. The third-order valence-corrected chi connectivity index (χ3v) is 12.2. The third-order valence-electron chi connectivity index (χ3n) is 12.2. The van der Waals surface area contributed by atoms with E-state index < -0.39 is 29.9 Å². The summed E-state index contributed by atoms with van der Waals surface area (Å²) < 4.78 is 22.6. The van der Waals surface area contributed by atoms with E-state index >= 15 is 0 Å². The maximum atomic E-state index is 13.4. The van der Waals surface area contributed by atoms with Gasteiger partial charge in [-0.05, 0) is 101 Å². The molecule has 0 saturated carbocycles. The summed E-state index contributed by atoms with van der Waals surface area (Å²) in [5.41, 5.74) is 14.7. The van der Waals surface area contributed by atoms with Gasteiger partial charge < -0.3 is 51.3 Å². The van der Waals surface area contributed by atoms with Gasteiger partial charge in [-0.1, -0.05) is 132 Å².